The molecule has 0 amide bonds. The van der Waals surface area contributed by atoms with Gasteiger partial charge in [0.1, 0.15) is 0 Å². The van der Waals surface area contributed by atoms with Crippen LogP contribution >= 0.6 is 40.7 Å². The van der Waals surface area contributed by atoms with Crippen LogP contribution in [0.5, 0.6) is 0 Å². The number of halogens is 3. The molecule has 0 aromatic carbocycles. The summed E-state index contributed by atoms with van der Waals surface area (Å²) in [5.74, 6) is 0. The number of nitrogens with two attached hydrogens (primary N) is 1. The second kappa shape index (κ2) is 6.74. The molecule has 3 nitrogen and oxygen atoms in total. The zero-order valence-electron chi connectivity index (χ0n) is 8.30. The van der Waals surface area contributed by atoms with Crippen molar-refractivity contribution in [3.8, 4) is 0 Å². The summed E-state index contributed by atoms with van der Waals surface area (Å²) >= 11 is 3.40. The van der Waals surface area contributed by atoms with Gasteiger partial charge in [-0.3, -0.25) is 4.68 Å². The first-order valence-electron chi connectivity index (χ1n) is 4.71. The van der Waals surface area contributed by atoms with Crippen LogP contribution in [0.1, 0.15) is 31.7 Å². The molecule has 2 rings (SSSR count). The van der Waals surface area contributed by atoms with Gasteiger partial charge in [-0.25, -0.2) is 0 Å². The highest BCUT2D eigenvalue weighted by Crippen LogP contribution is 2.27. The second-order valence-electron chi connectivity index (χ2n) is 3.71. The molecule has 0 bridgehead atoms. The zero-order chi connectivity index (χ0) is 9.26. The smallest absolute Gasteiger partial charge is 0.0632 e. The fourth-order valence-corrected chi connectivity index (χ4v) is 2.18. The van der Waals surface area contributed by atoms with E-state index >= 15 is 0 Å². The molecule has 0 radical (unpaired) electrons. The molecule has 1 saturated carbocycles. The molecule has 1 aliphatic carbocycles. The topological polar surface area (TPSA) is 43.8 Å². The van der Waals surface area contributed by atoms with Crippen molar-refractivity contribution in [3.63, 3.8) is 0 Å². The lowest BCUT2D eigenvalue weighted by Crippen LogP contribution is -2.27. The number of rotatable bonds is 1. The summed E-state index contributed by atoms with van der Waals surface area (Å²) < 4.78 is 3.11. The van der Waals surface area contributed by atoms with Gasteiger partial charge in [-0.05, 0) is 41.6 Å². The van der Waals surface area contributed by atoms with Gasteiger partial charge in [0, 0.05) is 12.2 Å². The number of nitrogens with zero attached hydrogens (tertiary/aromatic N) is 2. The molecule has 0 aliphatic heterocycles. The zero-order valence-corrected chi connectivity index (χ0v) is 11.5. The van der Waals surface area contributed by atoms with Crippen molar-refractivity contribution in [3.05, 3.63) is 16.9 Å². The van der Waals surface area contributed by atoms with E-state index < -0.39 is 0 Å². The van der Waals surface area contributed by atoms with Crippen LogP contribution in [0.25, 0.3) is 0 Å². The molecule has 1 aliphatic rings. The van der Waals surface area contributed by atoms with Gasteiger partial charge in [-0.15, -0.1) is 24.8 Å². The first-order chi connectivity index (χ1) is 6.25. The van der Waals surface area contributed by atoms with Gasteiger partial charge in [-0.2, -0.15) is 5.10 Å². The van der Waals surface area contributed by atoms with Crippen LogP contribution in [0, 0.1) is 0 Å². The van der Waals surface area contributed by atoms with Gasteiger partial charge >= 0.3 is 0 Å². The lowest BCUT2D eigenvalue weighted by molar-refractivity contribution is 0.304. The Morgan fingerprint density at radius 3 is 2.33 bits per heavy atom. The Hall–Kier alpha value is 0.230. The Kier molecular flexibility index (Phi) is 6.84. The summed E-state index contributed by atoms with van der Waals surface area (Å²) in [5, 5.41) is 4.29. The third kappa shape index (κ3) is 3.94. The van der Waals surface area contributed by atoms with Crippen molar-refractivity contribution in [1.29, 1.82) is 0 Å². The van der Waals surface area contributed by atoms with Crippen LogP contribution in [0.15, 0.2) is 16.9 Å². The maximum Gasteiger partial charge on any atom is 0.0632 e. The molecule has 1 aromatic heterocycles. The van der Waals surface area contributed by atoms with Gasteiger partial charge in [0.2, 0.25) is 0 Å². The van der Waals surface area contributed by atoms with Crippen molar-refractivity contribution in [1.82, 2.24) is 9.78 Å². The summed E-state index contributed by atoms with van der Waals surface area (Å²) in [4.78, 5) is 0. The minimum Gasteiger partial charge on any atom is -0.328 e. The van der Waals surface area contributed by atoms with E-state index in [4.69, 9.17) is 5.73 Å². The lowest BCUT2D eigenvalue weighted by atomic mass is 9.92. The molecular weight excluding hydrogens is 301 g/mol. The maximum absolute atomic E-state index is 5.84. The average molecular weight is 317 g/mol. The van der Waals surface area contributed by atoms with Crippen LogP contribution in [-0.4, -0.2) is 15.8 Å². The monoisotopic (exact) mass is 315 g/mol. The van der Waals surface area contributed by atoms with Crippen molar-refractivity contribution in [2.45, 2.75) is 37.8 Å². The SMILES string of the molecule is Cl.Cl.NC1CCC(n2cc(Br)cn2)CC1. The summed E-state index contributed by atoms with van der Waals surface area (Å²) in [7, 11) is 0. The average Bonchev–Trinajstić information content (AvgIpc) is 2.53. The molecule has 1 aromatic rings. The molecule has 15 heavy (non-hydrogen) atoms. The molecule has 1 heterocycles. The van der Waals surface area contributed by atoms with Crippen LogP contribution in [0.4, 0.5) is 0 Å². The largest absolute Gasteiger partial charge is 0.328 e. The Morgan fingerprint density at radius 1 is 1.27 bits per heavy atom. The quantitative estimate of drug-likeness (QED) is 0.865. The van der Waals surface area contributed by atoms with Crippen LogP contribution in [0.2, 0.25) is 0 Å². The third-order valence-corrected chi connectivity index (χ3v) is 3.09. The first-order valence-corrected chi connectivity index (χ1v) is 5.50. The summed E-state index contributed by atoms with van der Waals surface area (Å²) in [6.45, 7) is 0. The molecule has 0 atom stereocenters. The molecule has 88 valence electrons. The van der Waals surface area contributed by atoms with E-state index in [9.17, 15) is 0 Å². The highest BCUT2D eigenvalue weighted by Gasteiger charge is 2.20. The molecule has 0 saturated heterocycles. The van der Waals surface area contributed by atoms with E-state index in [1.54, 1.807) is 0 Å². The molecule has 2 N–H and O–H groups in total. The molecule has 1 fully saturated rings. The van der Waals surface area contributed by atoms with Gasteiger partial charge in [0.25, 0.3) is 0 Å². The molecule has 6 heteroatoms. The lowest BCUT2D eigenvalue weighted by Gasteiger charge is -2.26. The Balaban J connectivity index is 0.000000980. The second-order valence-corrected chi connectivity index (χ2v) is 4.62. The van der Waals surface area contributed by atoms with Crippen molar-refractivity contribution < 1.29 is 0 Å². The van der Waals surface area contributed by atoms with Crippen LogP contribution < -0.4 is 5.73 Å². The summed E-state index contributed by atoms with van der Waals surface area (Å²) in [6.07, 6.45) is 8.46. The molecule has 0 unspecified atom stereocenters. The predicted molar refractivity (Wildman–Crippen MR) is 69.9 cm³/mol. The van der Waals surface area contributed by atoms with E-state index in [1.807, 2.05) is 12.4 Å². The van der Waals surface area contributed by atoms with Crippen LogP contribution in [0.3, 0.4) is 0 Å². The normalized spacial score (nSPS) is 25.2. The number of hydrogen-bond donors (Lipinski definition) is 1. The Morgan fingerprint density at radius 2 is 1.87 bits per heavy atom. The van der Waals surface area contributed by atoms with Crippen molar-refractivity contribution in [2.24, 2.45) is 5.73 Å². The minimum atomic E-state index is 0. The van der Waals surface area contributed by atoms with E-state index in [-0.39, 0.29) is 24.8 Å². The molecule has 0 spiro atoms. The van der Waals surface area contributed by atoms with Crippen molar-refractivity contribution in [2.75, 3.05) is 0 Å². The standard InChI is InChI=1S/C9H14BrN3.2ClH/c10-7-5-12-13(6-7)9-3-1-8(11)2-4-9;;/h5-6,8-9H,1-4,11H2;2*1H. The fourth-order valence-electron chi connectivity index (χ4n) is 1.88. The fraction of sp³-hybridized carbons (Fsp3) is 0.667. The van der Waals surface area contributed by atoms with E-state index in [2.05, 4.69) is 25.7 Å². The van der Waals surface area contributed by atoms with Gasteiger partial charge < -0.3 is 5.73 Å². The Labute approximate surface area is 111 Å². The highest BCUT2D eigenvalue weighted by molar-refractivity contribution is 9.10. The van der Waals surface area contributed by atoms with Crippen LogP contribution in [-0.2, 0) is 0 Å². The maximum atomic E-state index is 5.84. The van der Waals surface area contributed by atoms with E-state index in [1.165, 1.54) is 0 Å². The predicted octanol–water partition coefficient (Wildman–Crippen LogP) is 2.93. The number of hydrogen-bond acceptors (Lipinski definition) is 2. The minimum absolute atomic E-state index is 0. The highest BCUT2D eigenvalue weighted by atomic mass is 79.9. The van der Waals surface area contributed by atoms with Crippen molar-refractivity contribution >= 4 is 40.7 Å². The van der Waals surface area contributed by atoms with Gasteiger partial charge in [0.15, 0.2) is 0 Å². The summed E-state index contributed by atoms with van der Waals surface area (Å²) in [6, 6.07) is 0.973. The summed E-state index contributed by atoms with van der Waals surface area (Å²) in [5.41, 5.74) is 5.84. The first kappa shape index (κ1) is 15.2. The number of aromatic nitrogens is 2. The van der Waals surface area contributed by atoms with E-state index in [0.29, 0.717) is 12.1 Å². The molecular formula is C9H16BrCl2N3. The van der Waals surface area contributed by atoms with Gasteiger partial charge in [0.05, 0.1) is 16.7 Å². The third-order valence-electron chi connectivity index (χ3n) is 2.69. The van der Waals surface area contributed by atoms with E-state index in [0.717, 1.165) is 30.2 Å². The Bertz CT molecular complexity index is 285. The van der Waals surface area contributed by atoms with Gasteiger partial charge in [-0.1, -0.05) is 0 Å².